The summed E-state index contributed by atoms with van der Waals surface area (Å²) >= 11 is 7.34. The van der Waals surface area contributed by atoms with Crippen molar-refractivity contribution in [3.8, 4) is 22.8 Å². The Morgan fingerprint density at radius 2 is 1.67 bits per heavy atom. The molecule has 0 aliphatic carbocycles. The highest BCUT2D eigenvalue weighted by Gasteiger charge is 2.17. The Balaban J connectivity index is 1.21. The largest absolute Gasteiger partial charge is 0.489 e. The molecule has 1 N–H and O–H groups in total. The van der Waals surface area contributed by atoms with E-state index in [0.717, 1.165) is 28.1 Å². The van der Waals surface area contributed by atoms with Gasteiger partial charge >= 0.3 is 0 Å². The van der Waals surface area contributed by atoms with Crippen LogP contribution >= 0.6 is 23.4 Å². The minimum absolute atomic E-state index is 0.114. The zero-order chi connectivity index (χ0) is 26.9. The molecule has 1 heterocycles. The number of para-hydroxylation sites is 1. The molecule has 0 unspecified atom stereocenters. The standard InChI is InChI=1S/C30H24ClN5O2S/c31-25-16-14-24(15-17-25)29-34-35-30(36(29)26-11-5-2-6-12-26)39-21-28(37)33-32-19-23-10-7-13-27(18-23)38-20-22-8-3-1-4-9-22/h1-19H,20-21H2,(H,33,37). The molecular formula is C30H24ClN5O2S. The molecule has 1 aromatic heterocycles. The number of hydrogen-bond acceptors (Lipinski definition) is 6. The van der Waals surface area contributed by atoms with Crippen molar-refractivity contribution in [1.29, 1.82) is 0 Å². The lowest BCUT2D eigenvalue weighted by molar-refractivity contribution is -0.118. The van der Waals surface area contributed by atoms with Crippen molar-refractivity contribution in [1.82, 2.24) is 20.2 Å². The van der Waals surface area contributed by atoms with Gasteiger partial charge in [-0.1, -0.05) is 84.0 Å². The summed E-state index contributed by atoms with van der Waals surface area (Å²) in [6.07, 6.45) is 1.59. The first-order chi connectivity index (χ1) is 19.2. The monoisotopic (exact) mass is 553 g/mol. The molecule has 0 saturated heterocycles. The fourth-order valence-electron chi connectivity index (χ4n) is 3.73. The molecule has 0 aliphatic heterocycles. The number of nitrogens with zero attached hydrogens (tertiary/aromatic N) is 4. The van der Waals surface area contributed by atoms with Gasteiger partial charge in [-0.3, -0.25) is 9.36 Å². The second-order valence-corrected chi connectivity index (χ2v) is 9.79. The molecule has 9 heteroatoms. The summed E-state index contributed by atoms with van der Waals surface area (Å²) in [6, 6.07) is 34.7. The molecule has 0 bridgehead atoms. The number of nitrogens with one attached hydrogen (secondary N) is 1. The van der Waals surface area contributed by atoms with Crippen molar-refractivity contribution < 1.29 is 9.53 Å². The van der Waals surface area contributed by atoms with E-state index in [2.05, 4.69) is 20.7 Å². The second-order valence-electron chi connectivity index (χ2n) is 8.41. The molecule has 7 nitrogen and oxygen atoms in total. The van der Waals surface area contributed by atoms with Crippen LogP contribution in [0, 0.1) is 0 Å². The average Bonchev–Trinajstić information content (AvgIpc) is 3.41. The van der Waals surface area contributed by atoms with E-state index in [-0.39, 0.29) is 11.7 Å². The van der Waals surface area contributed by atoms with E-state index in [9.17, 15) is 4.79 Å². The van der Waals surface area contributed by atoms with Gasteiger partial charge in [0.2, 0.25) is 0 Å². The maximum Gasteiger partial charge on any atom is 0.250 e. The lowest BCUT2D eigenvalue weighted by Gasteiger charge is -2.10. The van der Waals surface area contributed by atoms with E-state index in [1.807, 2.05) is 114 Å². The Morgan fingerprint density at radius 1 is 0.923 bits per heavy atom. The van der Waals surface area contributed by atoms with Gasteiger partial charge < -0.3 is 4.74 Å². The van der Waals surface area contributed by atoms with Gasteiger partial charge in [-0.25, -0.2) is 5.43 Å². The van der Waals surface area contributed by atoms with Crippen LogP contribution in [0.15, 0.2) is 119 Å². The molecule has 0 spiro atoms. The number of benzene rings is 4. The molecular weight excluding hydrogens is 530 g/mol. The minimum Gasteiger partial charge on any atom is -0.489 e. The molecule has 0 saturated carbocycles. The third-order valence-electron chi connectivity index (χ3n) is 5.59. The zero-order valence-electron chi connectivity index (χ0n) is 20.8. The number of carbonyl (C=O) groups excluding carboxylic acids is 1. The van der Waals surface area contributed by atoms with Gasteiger partial charge in [0.05, 0.1) is 12.0 Å². The van der Waals surface area contributed by atoms with E-state index in [4.69, 9.17) is 16.3 Å². The lowest BCUT2D eigenvalue weighted by atomic mass is 10.2. The van der Waals surface area contributed by atoms with Gasteiger partial charge in [-0.05, 0) is 59.7 Å². The van der Waals surface area contributed by atoms with Crippen molar-refractivity contribution in [3.05, 3.63) is 125 Å². The number of aromatic nitrogens is 3. The predicted octanol–water partition coefficient (Wildman–Crippen LogP) is 6.41. The summed E-state index contributed by atoms with van der Waals surface area (Å²) in [6.45, 7) is 0.475. The van der Waals surface area contributed by atoms with Crippen LogP contribution in [0.3, 0.4) is 0 Å². The van der Waals surface area contributed by atoms with Crippen LogP contribution < -0.4 is 10.2 Å². The summed E-state index contributed by atoms with van der Waals surface area (Å²) in [7, 11) is 0. The molecule has 5 aromatic rings. The van der Waals surface area contributed by atoms with Crippen molar-refractivity contribution >= 4 is 35.5 Å². The number of rotatable bonds is 10. The van der Waals surface area contributed by atoms with Gasteiger partial charge in [0.15, 0.2) is 11.0 Å². The van der Waals surface area contributed by atoms with Crippen LogP contribution in [0.1, 0.15) is 11.1 Å². The van der Waals surface area contributed by atoms with E-state index in [1.54, 1.807) is 6.21 Å². The number of halogens is 1. The van der Waals surface area contributed by atoms with Crippen LogP contribution in [-0.4, -0.2) is 32.6 Å². The van der Waals surface area contributed by atoms with Crippen LogP contribution in [0.5, 0.6) is 5.75 Å². The van der Waals surface area contributed by atoms with Crippen LogP contribution in [0.2, 0.25) is 5.02 Å². The first-order valence-electron chi connectivity index (χ1n) is 12.1. The minimum atomic E-state index is -0.261. The highest BCUT2D eigenvalue weighted by atomic mass is 35.5. The molecule has 0 aliphatic rings. The Hall–Kier alpha value is -4.40. The number of carbonyl (C=O) groups is 1. The number of hydrazone groups is 1. The van der Waals surface area contributed by atoms with Crippen molar-refractivity contribution in [2.45, 2.75) is 11.8 Å². The van der Waals surface area contributed by atoms with Gasteiger partial charge in [-0.2, -0.15) is 5.10 Å². The summed E-state index contributed by atoms with van der Waals surface area (Å²) in [5, 5.41) is 14.1. The zero-order valence-corrected chi connectivity index (χ0v) is 22.3. The highest BCUT2D eigenvalue weighted by molar-refractivity contribution is 7.99. The van der Waals surface area contributed by atoms with Crippen LogP contribution in [-0.2, 0) is 11.4 Å². The van der Waals surface area contributed by atoms with Gasteiger partial charge in [-0.15, -0.1) is 10.2 Å². The first-order valence-corrected chi connectivity index (χ1v) is 13.5. The molecule has 5 rings (SSSR count). The molecule has 39 heavy (non-hydrogen) atoms. The number of ether oxygens (including phenoxy) is 1. The molecule has 0 fully saturated rings. The van der Waals surface area contributed by atoms with E-state index < -0.39 is 0 Å². The first kappa shape index (κ1) is 26.2. The number of hydrogen-bond donors (Lipinski definition) is 1. The Morgan fingerprint density at radius 3 is 2.44 bits per heavy atom. The van der Waals surface area contributed by atoms with E-state index >= 15 is 0 Å². The summed E-state index contributed by atoms with van der Waals surface area (Å²) in [5.74, 6) is 1.24. The van der Waals surface area contributed by atoms with E-state index in [0.29, 0.717) is 22.6 Å². The summed E-state index contributed by atoms with van der Waals surface area (Å²) in [5.41, 5.74) is 6.24. The number of amides is 1. The third kappa shape index (κ3) is 7.13. The molecule has 1 amide bonds. The van der Waals surface area contributed by atoms with Gasteiger partial charge in [0, 0.05) is 16.3 Å². The average molecular weight is 554 g/mol. The predicted molar refractivity (Wildman–Crippen MR) is 155 cm³/mol. The highest BCUT2D eigenvalue weighted by Crippen LogP contribution is 2.28. The molecule has 0 atom stereocenters. The van der Waals surface area contributed by atoms with Crippen molar-refractivity contribution in [2.75, 3.05) is 5.75 Å². The molecule has 194 valence electrons. The quantitative estimate of drug-likeness (QED) is 0.123. The van der Waals surface area contributed by atoms with Crippen LogP contribution in [0.4, 0.5) is 0 Å². The van der Waals surface area contributed by atoms with Gasteiger partial charge in [0.25, 0.3) is 5.91 Å². The fourth-order valence-corrected chi connectivity index (χ4v) is 4.60. The maximum atomic E-state index is 12.6. The lowest BCUT2D eigenvalue weighted by Crippen LogP contribution is -2.20. The summed E-state index contributed by atoms with van der Waals surface area (Å²) < 4.78 is 7.78. The Bertz CT molecular complexity index is 1560. The van der Waals surface area contributed by atoms with Gasteiger partial charge in [0.1, 0.15) is 12.4 Å². The Labute approximate surface area is 235 Å². The van der Waals surface area contributed by atoms with E-state index in [1.165, 1.54) is 11.8 Å². The Kier molecular flexibility index (Phi) is 8.68. The topological polar surface area (TPSA) is 81.4 Å². The smallest absolute Gasteiger partial charge is 0.250 e. The molecule has 0 radical (unpaired) electrons. The third-order valence-corrected chi connectivity index (χ3v) is 6.77. The normalized spacial score (nSPS) is 11.0. The number of thioether (sulfide) groups is 1. The van der Waals surface area contributed by atoms with Crippen molar-refractivity contribution in [2.24, 2.45) is 5.10 Å². The second kappa shape index (κ2) is 12.9. The SMILES string of the molecule is O=C(CSc1nnc(-c2ccc(Cl)cc2)n1-c1ccccc1)NN=Cc1cccc(OCc2ccccc2)c1. The van der Waals surface area contributed by atoms with Crippen molar-refractivity contribution in [3.63, 3.8) is 0 Å². The molecule has 4 aromatic carbocycles. The fraction of sp³-hybridized carbons (Fsp3) is 0.0667. The van der Waals surface area contributed by atoms with Crippen LogP contribution in [0.25, 0.3) is 17.1 Å². The maximum absolute atomic E-state index is 12.6. The summed E-state index contributed by atoms with van der Waals surface area (Å²) in [4.78, 5) is 12.6.